The zero-order valence-corrected chi connectivity index (χ0v) is 23.5. The number of aliphatic hydroxyl groups excluding tert-OH is 2. The average molecular weight is 536 g/mol. The highest BCUT2D eigenvalue weighted by Crippen LogP contribution is 2.56. The highest BCUT2D eigenvalue weighted by molar-refractivity contribution is 8.00. The van der Waals surface area contributed by atoms with Crippen molar-refractivity contribution in [1.29, 1.82) is 0 Å². The molecule has 1 saturated heterocycles. The van der Waals surface area contributed by atoms with E-state index in [1.807, 2.05) is 26.0 Å². The molecule has 8 atom stereocenters. The molecule has 206 valence electrons. The van der Waals surface area contributed by atoms with Gasteiger partial charge in [-0.15, -0.1) is 11.8 Å². The molecule has 37 heavy (non-hydrogen) atoms. The third-order valence-electron chi connectivity index (χ3n) is 8.27. The SMILES string of the molecule is COC(=O)[C@H](O)CS[C@@H]1CC(=O)[C@H](O)CCC(C)=C[C@H]2C=C(C)[C@@H](C)[C@H]3[C@H](CC(C)C)NC(=O)[C@@]23C1=O. The molecule has 1 heterocycles. The number of hydrogen-bond acceptors (Lipinski definition) is 8. The molecule has 0 aromatic carbocycles. The average Bonchev–Trinajstić information content (AvgIpc) is 3.12. The van der Waals surface area contributed by atoms with Crippen molar-refractivity contribution in [2.24, 2.45) is 29.1 Å². The Bertz CT molecular complexity index is 989. The number of carbonyl (C=O) groups is 4. The van der Waals surface area contributed by atoms with Crippen LogP contribution in [0.1, 0.15) is 60.3 Å². The predicted molar refractivity (Wildman–Crippen MR) is 142 cm³/mol. The topological polar surface area (TPSA) is 130 Å². The first-order valence-corrected chi connectivity index (χ1v) is 14.2. The summed E-state index contributed by atoms with van der Waals surface area (Å²) in [5.74, 6) is -2.77. The van der Waals surface area contributed by atoms with Crippen LogP contribution in [0.15, 0.2) is 23.3 Å². The lowest BCUT2D eigenvalue weighted by Crippen LogP contribution is -2.55. The fourth-order valence-electron chi connectivity index (χ4n) is 6.28. The number of Topliss-reactive ketones (excluding diaryl/α,β-unsaturated/α-hetero) is 2. The largest absolute Gasteiger partial charge is 0.467 e. The minimum atomic E-state index is -1.48. The molecule has 0 radical (unpaired) electrons. The molecule has 0 unspecified atom stereocenters. The molecule has 3 aliphatic rings. The summed E-state index contributed by atoms with van der Waals surface area (Å²) in [7, 11) is 1.16. The number of rotatable bonds is 6. The van der Waals surface area contributed by atoms with Gasteiger partial charge in [0, 0.05) is 30.1 Å². The summed E-state index contributed by atoms with van der Waals surface area (Å²) < 4.78 is 4.60. The monoisotopic (exact) mass is 535 g/mol. The second-order valence-electron chi connectivity index (χ2n) is 11.3. The Morgan fingerprint density at radius 3 is 2.54 bits per heavy atom. The summed E-state index contributed by atoms with van der Waals surface area (Å²) in [4.78, 5) is 53.5. The fraction of sp³-hybridized carbons (Fsp3) is 0.714. The number of methoxy groups -OCH3 is 1. The molecule has 8 nitrogen and oxygen atoms in total. The van der Waals surface area contributed by atoms with Crippen molar-refractivity contribution >= 4 is 35.2 Å². The van der Waals surface area contributed by atoms with Crippen LogP contribution in [0.4, 0.5) is 0 Å². The smallest absolute Gasteiger partial charge is 0.335 e. The normalized spacial score (nSPS) is 35.5. The molecule has 0 bridgehead atoms. The first-order chi connectivity index (χ1) is 17.3. The maximum absolute atomic E-state index is 14.6. The molecule has 3 rings (SSSR count). The zero-order valence-electron chi connectivity index (χ0n) is 22.7. The molecular formula is C28H41NO7S. The number of ether oxygens (including phenoxy) is 1. The summed E-state index contributed by atoms with van der Waals surface area (Å²) >= 11 is 0.974. The van der Waals surface area contributed by atoms with Crippen LogP contribution in [-0.2, 0) is 23.9 Å². The highest BCUT2D eigenvalue weighted by atomic mass is 32.2. The number of carbonyl (C=O) groups excluding carboxylic acids is 4. The van der Waals surface area contributed by atoms with Crippen molar-refractivity contribution in [3.63, 3.8) is 0 Å². The van der Waals surface area contributed by atoms with Gasteiger partial charge in [-0.2, -0.15) is 0 Å². The molecule has 0 saturated carbocycles. The summed E-state index contributed by atoms with van der Waals surface area (Å²) in [6, 6.07) is -0.205. The van der Waals surface area contributed by atoms with Crippen LogP contribution >= 0.6 is 11.8 Å². The molecule has 1 amide bonds. The number of hydrogen-bond donors (Lipinski definition) is 3. The Labute approximate surface area is 223 Å². The maximum Gasteiger partial charge on any atom is 0.335 e. The van der Waals surface area contributed by atoms with Crippen molar-refractivity contribution < 1.29 is 34.1 Å². The van der Waals surface area contributed by atoms with Crippen LogP contribution in [-0.4, -0.2) is 70.0 Å². The first kappa shape index (κ1) is 29.6. The lowest BCUT2D eigenvalue weighted by molar-refractivity contribution is -0.149. The summed E-state index contributed by atoms with van der Waals surface area (Å²) in [5.41, 5.74) is 0.598. The van der Waals surface area contributed by atoms with Crippen LogP contribution in [0.5, 0.6) is 0 Å². The molecular weight excluding hydrogens is 494 g/mol. The molecule has 0 aromatic heterocycles. The first-order valence-electron chi connectivity index (χ1n) is 13.1. The van der Waals surface area contributed by atoms with Gasteiger partial charge in [0.05, 0.1) is 12.4 Å². The van der Waals surface area contributed by atoms with Crippen LogP contribution in [0, 0.1) is 29.1 Å². The van der Waals surface area contributed by atoms with Gasteiger partial charge < -0.3 is 20.3 Å². The van der Waals surface area contributed by atoms with Gasteiger partial charge >= 0.3 is 5.97 Å². The Morgan fingerprint density at radius 2 is 1.92 bits per heavy atom. The van der Waals surface area contributed by atoms with E-state index in [9.17, 15) is 29.4 Å². The van der Waals surface area contributed by atoms with Gasteiger partial charge in [0.25, 0.3) is 0 Å². The van der Waals surface area contributed by atoms with Crippen LogP contribution < -0.4 is 5.32 Å². The van der Waals surface area contributed by atoms with E-state index in [1.54, 1.807) is 0 Å². The van der Waals surface area contributed by atoms with E-state index in [0.29, 0.717) is 12.3 Å². The summed E-state index contributed by atoms with van der Waals surface area (Å²) in [6.07, 6.45) is 2.39. The van der Waals surface area contributed by atoms with Crippen molar-refractivity contribution in [1.82, 2.24) is 5.32 Å². The number of nitrogens with one attached hydrogen (secondary N) is 1. The van der Waals surface area contributed by atoms with Gasteiger partial charge in [0.15, 0.2) is 17.7 Å². The van der Waals surface area contributed by atoms with E-state index in [1.165, 1.54) is 0 Å². The van der Waals surface area contributed by atoms with Gasteiger partial charge in [0.2, 0.25) is 5.91 Å². The minimum Gasteiger partial charge on any atom is -0.467 e. The van der Waals surface area contributed by atoms with E-state index in [0.717, 1.165) is 36.4 Å². The predicted octanol–water partition coefficient (Wildman–Crippen LogP) is 2.61. The van der Waals surface area contributed by atoms with Crippen molar-refractivity contribution in [3.05, 3.63) is 23.3 Å². The zero-order chi connectivity index (χ0) is 27.7. The molecule has 9 heteroatoms. The number of aliphatic hydroxyl groups is 2. The Morgan fingerprint density at radius 1 is 1.24 bits per heavy atom. The molecule has 1 aliphatic heterocycles. The van der Waals surface area contributed by atoms with Crippen molar-refractivity contribution in [2.45, 2.75) is 83.8 Å². The molecule has 1 spiro atoms. The van der Waals surface area contributed by atoms with E-state index in [2.05, 4.69) is 30.8 Å². The number of ketones is 2. The number of allylic oxidation sites excluding steroid dienone is 4. The standard InChI is InChI=1S/C28H41NO7S/c1-14(2)9-19-24-17(5)16(4)11-18-10-15(3)7-8-20(30)21(31)12-23(37-13-22(32)26(34)36-6)25(33)28(18,24)27(35)29-19/h10-11,14,17-20,22-24,30,32H,7-9,12-13H2,1-6H3,(H,29,35)/t17-,18+,19+,20-,22-,23-,24+,28+/m1/s1. The summed E-state index contributed by atoms with van der Waals surface area (Å²) in [6.45, 7) is 10.2. The maximum atomic E-state index is 14.6. The van der Waals surface area contributed by atoms with Gasteiger partial charge in [-0.3, -0.25) is 14.4 Å². The van der Waals surface area contributed by atoms with Gasteiger partial charge in [0.1, 0.15) is 11.5 Å². The van der Waals surface area contributed by atoms with Crippen LogP contribution in [0.25, 0.3) is 0 Å². The van der Waals surface area contributed by atoms with Crippen molar-refractivity contribution in [2.75, 3.05) is 12.9 Å². The van der Waals surface area contributed by atoms with E-state index in [-0.39, 0.29) is 48.2 Å². The molecule has 3 N–H and O–H groups in total. The van der Waals surface area contributed by atoms with Crippen LogP contribution in [0.3, 0.4) is 0 Å². The Kier molecular flexibility index (Phi) is 9.46. The minimum absolute atomic E-state index is 0.0469. The van der Waals surface area contributed by atoms with Crippen molar-refractivity contribution in [3.8, 4) is 0 Å². The lowest BCUT2D eigenvalue weighted by atomic mass is 9.54. The van der Waals surface area contributed by atoms with Gasteiger partial charge in [-0.25, -0.2) is 4.79 Å². The molecule has 2 aliphatic carbocycles. The quantitative estimate of drug-likeness (QED) is 0.269. The second kappa shape index (κ2) is 11.8. The number of esters is 1. The molecule has 0 aromatic rings. The fourth-order valence-corrected chi connectivity index (χ4v) is 7.46. The van der Waals surface area contributed by atoms with Crippen LogP contribution in [0.2, 0.25) is 0 Å². The summed E-state index contributed by atoms with van der Waals surface area (Å²) in [5, 5.41) is 22.9. The third kappa shape index (κ3) is 5.73. The lowest BCUT2D eigenvalue weighted by Gasteiger charge is -2.46. The Hall–Kier alpha value is -1.97. The van der Waals surface area contributed by atoms with Gasteiger partial charge in [-0.1, -0.05) is 44.1 Å². The highest BCUT2D eigenvalue weighted by Gasteiger charge is 2.66. The number of amides is 1. The molecule has 1 fully saturated rings. The number of thioether (sulfide) groups is 1. The third-order valence-corrected chi connectivity index (χ3v) is 9.56. The Balaban J connectivity index is 2.17. The van der Waals surface area contributed by atoms with E-state index in [4.69, 9.17) is 0 Å². The van der Waals surface area contributed by atoms with E-state index < -0.39 is 40.5 Å². The van der Waals surface area contributed by atoms with E-state index >= 15 is 0 Å². The van der Waals surface area contributed by atoms with Gasteiger partial charge in [-0.05, 0) is 44.9 Å². The second-order valence-corrected chi connectivity index (χ2v) is 12.5.